The number of rotatable bonds is 1. The zero-order valence-electron chi connectivity index (χ0n) is 12.8. The van der Waals surface area contributed by atoms with Crippen molar-refractivity contribution < 1.29 is 55.4 Å². The van der Waals surface area contributed by atoms with Crippen LogP contribution in [0.5, 0.6) is 5.75 Å². The van der Waals surface area contributed by atoms with E-state index >= 15 is 0 Å². The van der Waals surface area contributed by atoms with Crippen molar-refractivity contribution >= 4 is 0 Å². The van der Waals surface area contributed by atoms with Crippen molar-refractivity contribution in [1.82, 2.24) is 0 Å². The van der Waals surface area contributed by atoms with Crippen molar-refractivity contribution in [3.05, 3.63) is 77.9 Å². The molecule has 2 aliphatic carbocycles. The van der Waals surface area contributed by atoms with Crippen molar-refractivity contribution in [3.63, 3.8) is 0 Å². The van der Waals surface area contributed by atoms with Crippen LogP contribution in [0.15, 0.2) is 54.6 Å². The standard InChI is InChI=1S/C14H11O.C5H5.2ClH.Hf/c1-15-13-8-4-6-11-9-10-5-2-3-7-12(10)14(11)13;1-2-4-5-3-1;;;/h2-5,7-8H,9H2,1H3;1-3H,4H2;2*1H;/q2*-1;;;+4/p-2. The van der Waals surface area contributed by atoms with E-state index in [1.54, 1.807) is 7.11 Å². The molecule has 0 aromatic heterocycles. The number of methoxy groups -OCH3 is 1. The third-order valence-electron chi connectivity index (χ3n) is 3.50. The SMILES string of the molecule is COc1cc[c-]c2c1-c1ccccc1C2.[C-]1=CC=CC1.[Cl-].[Cl-].[Hf+4]. The van der Waals surface area contributed by atoms with Crippen LogP contribution in [0.2, 0.25) is 0 Å². The Morgan fingerprint density at radius 1 is 1.09 bits per heavy atom. The largest absolute Gasteiger partial charge is 4.00 e. The van der Waals surface area contributed by atoms with Gasteiger partial charge < -0.3 is 29.6 Å². The van der Waals surface area contributed by atoms with E-state index in [2.05, 4.69) is 42.5 Å². The molecule has 0 amide bonds. The molecule has 23 heavy (non-hydrogen) atoms. The first-order valence-corrected chi connectivity index (χ1v) is 6.77. The van der Waals surface area contributed by atoms with Gasteiger partial charge >= 0.3 is 25.8 Å². The predicted molar refractivity (Wildman–Crippen MR) is 81.6 cm³/mol. The Morgan fingerprint density at radius 2 is 1.87 bits per heavy atom. The Hall–Kier alpha value is -0.830. The third-order valence-corrected chi connectivity index (χ3v) is 3.50. The van der Waals surface area contributed by atoms with Gasteiger partial charge in [-0.3, -0.25) is 6.08 Å². The monoisotopic (exact) mass is 510 g/mol. The molecule has 2 aromatic rings. The topological polar surface area (TPSA) is 9.23 Å². The minimum absolute atomic E-state index is 0. The van der Waals surface area contributed by atoms with E-state index in [9.17, 15) is 0 Å². The van der Waals surface area contributed by atoms with Crippen LogP contribution in [0.25, 0.3) is 11.1 Å². The number of hydrogen-bond donors (Lipinski definition) is 0. The third kappa shape index (κ3) is 5.07. The Kier molecular flexibility index (Phi) is 10.5. The normalized spacial score (nSPS) is 11.7. The Labute approximate surface area is 169 Å². The van der Waals surface area contributed by atoms with Gasteiger partial charge in [0, 0.05) is 5.75 Å². The molecule has 2 aromatic carbocycles. The maximum absolute atomic E-state index is 5.39. The zero-order chi connectivity index (χ0) is 13.8. The second-order valence-corrected chi connectivity index (χ2v) is 4.74. The molecule has 116 valence electrons. The quantitative estimate of drug-likeness (QED) is 0.283. The van der Waals surface area contributed by atoms with Crippen LogP contribution in [0, 0.1) is 12.1 Å². The molecule has 0 N–H and O–H groups in total. The van der Waals surface area contributed by atoms with Gasteiger partial charge in [-0.2, -0.15) is 18.2 Å². The molecule has 0 unspecified atom stereocenters. The number of allylic oxidation sites excluding steroid dienone is 4. The smallest absolute Gasteiger partial charge is 1.00 e. The molecule has 0 spiro atoms. The summed E-state index contributed by atoms with van der Waals surface area (Å²) in [5.74, 6) is 0.952. The summed E-state index contributed by atoms with van der Waals surface area (Å²) in [5, 5.41) is 0. The number of halogens is 2. The van der Waals surface area contributed by atoms with Crippen LogP contribution in [0.3, 0.4) is 0 Å². The van der Waals surface area contributed by atoms with Gasteiger partial charge in [0.25, 0.3) is 0 Å². The van der Waals surface area contributed by atoms with Crippen LogP contribution in [0.4, 0.5) is 0 Å². The first-order chi connectivity index (χ1) is 9.90. The number of ether oxygens (including phenoxy) is 1. The molecule has 2 aliphatic rings. The van der Waals surface area contributed by atoms with Crippen LogP contribution >= 0.6 is 0 Å². The minimum Gasteiger partial charge on any atom is -1.00 e. The maximum atomic E-state index is 5.39. The van der Waals surface area contributed by atoms with E-state index in [0.29, 0.717) is 0 Å². The van der Waals surface area contributed by atoms with Gasteiger partial charge in [0.2, 0.25) is 0 Å². The second-order valence-electron chi connectivity index (χ2n) is 4.74. The van der Waals surface area contributed by atoms with Crippen molar-refractivity contribution in [2.24, 2.45) is 0 Å². The molecule has 4 rings (SSSR count). The van der Waals surface area contributed by atoms with Gasteiger partial charge in [-0.05, 0) is 12.0 Å². The minimum atomic E-state index is 0. The first-order valence-electron chi connectivity index (χ1n) is 6.77. The zero-order valence-corrected chi connectivity index (χ0v) is 17.9. The Morgan fingerprint density at radius 3 is 2.48 bits per heavy atom. The van der Waals surface area contributed by atoms with Crippen molar-refractivity contribution in [2.75, 3.05) is 7.11 Å². The van der Waals surface area contributed by atoms with Crippen LogP contribution in [-0.2, 0) is 32.3 Å². The maximum Gasteiger partial charge on any atom is 4.00 e. The van der Waals surface area contributed by atoms with Gasteiger partial charge in [-0.1, -0.05) is 35.4 Å². The van der Waals surface area contributed by atoms with Crippen molar-refractivity contribution in [2.45, 2.75) is 12.8 Å². The number of hydrogen-bond acceptors (Lipinski definition) is 1. The molecule has 0 aliphatic heterocycles. The van der Waals surface area contributed by atoms with E-state index in [-0.39, 0.29) is 50.7 Å². The fourth-order valence-corrected chi connectivity index (χ4v) is 2.58. The Balaban J connectivity index is 0.000000529. The van der Waals surface area contributed by atoms with Crippen LogP contribution < -0.4 is 29.6 Å². The molecule has 0 saturated carbocycles. The summed E-state index contributed by atoms with van der Waals surface area (Å²) in [4.78, 5) is 0. The fourth-order valence-electron chi connectivity index (χ4n) is 2.58. The van der Waals surface area contributed by atoms with Crippen molar-refractivity contribution in [3.8, 4) is 16.9 Å². The average Bonchev–Trinajstić information content (AvgIpc) is 3.17. The summed E-state index contributed by atoms with van der Waals surface area (Å²) < 4.78 is 5.39. The summed E-state index contributed by atoms with van der Waals surface area (Å²) in [5.41, 5.74) is 5.13. The van der Waals surface area contributed by atoms with Gasteiger partial charge in [-0.15, -0.1) is 18.1 Å². The summed E-state index contributed by atoms with van der Waals surface area (Å²) in [6.45, 7) is 0. The van der Waals surface area contributed by atoms with Gasteiger partial charge in [-0.25, -0.2) is 12.2 Å². The van der Waals surface area contributed by atoms with Crippen LogP contribution in [0.1, 0.15) is 17.5 Å². The molecule has 0 radical (unpaired) electrons. The molecule has 0 heterocycles. The van der Waals surface area contributed by atoms with Crippen molar-refractivity contribution in [1.29, 1.82) is 0 Å². The van der Waals surface area contributed by atoms with Gasteiger partial charge in [0.1, 0.15) is 0 Å². The van der Waals surface area contributed by atoms with Gasteiger partial charge in [0.05, 0.1) is 7.11 Å². The summed E-state index contributed by atoms with van der Waals surface area (Å²) in [6, 6.07) is 15.7. The second kappa shape index (κ2) is 10.9. The molecular weight excluding hydrogens is 494 g/mol. The summed E-state index contributed by atoms with van der Waals surface area (Å²) in [7, 11) is 1.72. The molecule has 0 atom stereocenters. The summed E-state index contributed by atoms with van der Waals surface area (Å²) >= 11 is 0. The Bertz CT molecular complexity index is 671. The first kappa shape index (κ1) is 22.2. The molecule has 1 nitrogen and oxygen atoms in total. The number of benzene rings is 2. The molecule has 0 saturated heterocycles. The molecule has 4 heteroatoms. The molecular formula is C19H16Cl2HfO. The van der Waals surface area contributed by atoms with E-state index in [1.165, 1.54) is 22.3 Å². The number of fused-ring (bicyclic) bond motifs is 3. The average molecular weight is 510 g/mol. The summed E-state index contributed by atoms with van der Waals surface area (Å²) in [6.07, 6.45) is 11.0. The van der Waals surface area contributed by atoms with Gasteiger partial charge in [0.15, 0.2) is 0 Å². The molecule has 0 fully saturated rings. The predicted octanol–water partition coefficient (Wildman–Crippen LogP) is -1.62. The van der Waals surface area contributed by atoms with E-state index < -0.39 is 0 Å². The molecule has 0 bridgehead atoms. The van der Waals surface area contributed by atoms with E-state index in [4.69, 9.17) is 4.74 Å². The van der Waals surface area contributed by atoms with E-state index in [0.717, 1.165) is 18.6 Å². The van der Waals surface area contributed by atoms with Crippen LogP contribution in [-0.4, -0.2) is 7.11 Å². The van der Waals surface area contributed by atoms with E-state index in [1.807, 2.05) is 24.3 Å². The fraction of sp³-hybridized carbons (Fsp3) is 0.158.